The third-order valence-corrected chi connectivity index (χ3v) is 4.29. The Kier molecular flexibility index (Phi) is 4.70. The molecule has 19 heavy (non-hydrogen) atoms. The highest BCUT2D eigenvalue weighted by Gasteiger charge is 2.21. The van der Waals surface area contributed by atoms with Crippen LogP contribution in [0.1, 0.15) is 25.3 Å². The molecule has 0 unspecified atom stereocenters. The predicted molar refractivity (Wildman–Crippen MR) is 81.3 cm³/mol. The van der Waals surface area contributed by atoms with E-state index in [1.165, 1.54) is 37.2 Å². The summed E-state index contributed by atoms with van der Waals surface area (Å²) in [4.78, 5) is 4.82. The molecule has 0 spiro atoms. The van der Waals surface area contributed by atoms with Gasteiger partial charge < -0.3 is 14.5 Å². The molecule has 1 heterocycles. The lowest BCUT2D eigenvalue weighted by atomic mass is 10.0. The Morgan fingerprint density at radius 1 is 1.32 bits per heavy atom. The molecule has 1 saturated heterocycles. The molecule has 0 amide bonds. The lowest BCUT2D eigenvalue weighted by Crippen LogP contribution is -2.41. The number of methoxy groups -OCH3 is 1. The predicted octanol–water partition coefficient (Wildman–Crippen LogP) is 2.79. The van der Waals surface area contributed by atoms with Gasteiger partial charge in [0.25, 0.3) is 0 Å². The van der Waals surface area contributed by atoms with E-state index in [1.807, 2.05) is 0 Å². The maximum Gasteiger partial charge on any atom is 0.124 e. The SMILES string of the molecule is CCc1ccc(N(C)C2CCN(C)CC2)cc1OC. The van der Waals surface area contributed by atoms with Crippen molar-refractivity contribution in [2.24, 2.45) is 0 Å². The molecule has 1 aliphatic rings. The van der Waals surface area contributed by atoms with Crippen molar-refractivity contribution in [3.8, 4) is 5.75 Å². The van der Waals surface area contributed by atoms with Crippen LogP contribution in [0.5, 0.6) is 5.75 Å². The molecule has 0 atom stereocenters. The maximum absolute atomic E-state index is 5.50. The minimum atomic E-state index is 0.647. The zero-order valence-electron chi connectivity index (χ0n) is 12.6. The molecule has 1 fully saturated rings. The average molecular weight is 262 g/mol. The minimum Gasteiger partial charge on any atom is -0.496 e. The largest absolute Gasteiger partial charge is 0.496 e. The van der Waals surface area contributed by atoms with Crippen LogP contribution in [0.3, 0.4) is 0 Å². The Morgan fingerprint density at radius 2 is 2.00 bits per heavy atom. The second kappa shape index (κ2) is 6.29. The molecular weight excluding hydrogens is 236 g/mol. The lowest BCUT2D eigenvalue weighted by molar-refractivity contribution is 0.253. The summed E-state index contributed by atoms with van der Waals surface area (Å²) in [6.45, 7) is 4.55. The van der Waals surface area contributed by atoms with Crippen molar-refractivity contribution in [1.29, 1.82) is 0 Å². The number of ether oxygens (including phenoxy) is 1. The number of likely N-dealkylation sites (tertiary alicyclic amines) is 1. The van der Waals surface area contributed by atoms with Crippen LogP contribution in [0, 0.1) is 0 Å². The van der Waals surface area contributed by atoms with Gasteiger partial charge in [0.1, 0.15) is 5.75 Å². The Balaban J connectivity index is 2.12. The van der Waals surface area contributed by atoms with Gasteiger partial charge in [-0.15, -0.1) is 0 Å². The highest BCUT2D eigenvalue weighted by Crippen LogP contribution is 2.28. The van der Waals surface area contributed by atoms with Gasteiger partial charge in [-0.3, -0.25) is 0 Å². The summed E-state index contributed by atoms with van der Waals surface area (Å²) in [5.41, 5.74) is 2.55. The first kappa shape index (κ1) is 14.2. The van der Waals surface area contributed by atoms with Crippen LogP contribution >= 0.6 is 0 Å². The quantitative estimate of drug-likeness (QED) is 0.830. The van der Waals surface area contributed by atoms with Crippen LogP contribution in [0.25, 0.3) is 0 Å². The summed E-state index contributed by atoms with van der Waals surface area (Å²) in [7, 11) is 6.17. The molecule has 0 N–H and O–H groups in total. The van der Waals surface area contributed by atoms with E-state index in [1.54, 1.807) is 7.11 Å². The van der Waals surface area contributed by atoms with Gasteiger partial charge in [-0.2, -0.15) is 0 Å². The van der Waals surface area contributed by atoms with Crippen LogP contribution in [-0.2, 0) is 6.42 Å². The summed E-state index contributed by atoms with van der Waals surface area (Å²) in [5, 5.41) is 0. The second-order valence-corrected chi connectivity index (χ2v) is 5.50. The molecule has 1 aromatic carbocycles. The molecule has 1 aromatic rings. The molecule has 1 aliphatic heterocycles. The first-order valence-corrected chi connectivity index (χ1v) is 7.24. The Labute approximate surface area is 117 Å². The van der Waals surface area contributed by atoms with Crippen molar-refractivity contribution in [2.75, 3.05) is 39.2 Å². The number of hydrogen-bond acceptors (Lipinski definition) is 3. The number of nitrogens with zero attached hydrogens (tertiary/aromatic N) is 2. The highest BCUT2D eigenvalue weighted by molar-refractivity contribution is 5.54. The van der Waals surface area contributed by atoms with E-state index in [4.69, 9.17) is 4.74 Å². The Bertz CT molecular complexity index is 411. The summed E-state index contributed by atoms with van der Waals surface area (Å²) < 4.78 is 5.50. The number of rotatable bonds is 4. The van der Waals surface area contributed by atoms with Crippen molar-refractivity contribution in [1.82, 2.24) is 4.90 Å². The fourth-order valence-electron chi connectivity index (χ4n) is 2.84. The van der Waals surface area contributed by atoms with Crippen LogP contribution < -0.4 is 9.64 Å². The van der Waals surface area contributed by atoms with Crippen LogP contribution in [0.4, 0.5) is 5.69 Å². The second-order valence-electron chi connectivity index (χ2n) is 5.50. The summed E-state index contributed by atoms with van der Waals surface area (Å²) in [6, 6.07) is 7.24. The van der Waals surface area contributed by atoms with E-state index in [9.17, 15) is 0 Å². The Hall–Kier alpha value is -1.22. The van der Waals surface area contributed by atoms with Gasteiger partial charge >= 0.3 is 0 Å². The van der Waals surface area contributed by atoms with E-state index in [0.717, 1.165) is 12.2 Å². The number of piperidine rings is 1. The van der Waals surface area contributed by atoms with E-state index in [-0.39, 0.29) is 0 Å². The van der Waals surface area contributed by atoms with Crippen molar-refractivity contribution < 1.29 is 4.74 Å². The zero-order valence-corrected chi connectivity index (χ0v) is 12.6. The van der Waals surface area contributed by atoms with Gasteiger partial charge in [-0.05, 0) is 51.0 Å². The van der Waals surface area contributed by atoms with E-state index >= 15 is 0 Å². The van der Waals surface area contributed by atoms with E-state index in [0.29, 0.717) is 6.04 Å². The molecule has 2 rings (SSSR count). The number of aryl methyl sites for hydroxylation is 1. The van der Waals surface area contributed by atoms with E-state index in [2.05, 4.69) is 49.0 Å². The summed E-state index contributed by atoms with van der Waals surface area (Å²) in [5.74, 6) is 1.01. The lowest BCUT2D eigenvalue weighted by Gasteiger charge is -2.36. The molecule has 3 heteroatoms. The third-order valence-electron chi connectivity index (χ3n) is 4.29. The number of benzene rings is 1. The van der Waals surface area contributed by atoms with Gasteiger partial charge in [0.2, 0.25) is 0 Å². The average Bonchev–Trinajstić information content (AvgIpc) is 2.46. The number of hydrogen-bond donors (Lipinski definition) is 0. The van der Waals surface area contributed by atoms with Crippen molar-refractivity contribution >= 4 is 5.69 Å². The van der Waals surface area contributed by atoms with Gasteiger partial charge in [0, 0.05) is 24.8 Å². The normalized spacial score (nSPS) is 17.5. The van der Waals surface area contributed by atoms with Crippen LogP contribution in [0.2, 0.25) is 0 Å². The van der Waals surface area contributed by atoms with Crippen molar-refractivity contribution in [3.05, 3.63) is 23.8 Å². The number of anilines is 1. The van der Waals surface area contributed by atoms with Gasteiger partial charge in [-0.1, -0.05) is 13.0 Å². The fraction of sp³-hybridized carbons (Fsp3) is 0.625. The van der Waals surface area contributed by atoms with Gasteiger partial charge in [-0.25, -0.2) is 0 Å². The minimum absolute atomic E-state index is 0.647. The van der Waals surface area contributed by atoms with Crippen molar-refractivity contribution in [2.45, 2.75) is 32.2 Å². The van der Waals surface area contributed by atoms with Gasteiger partial charge in [0.15, 0.2) is 0 Å². The topological polar surface area (TPSA) is 15.7 Å². The Morgan fingerprint density at radius 3 is 2.58 bits per heavy atom. The smallest absolute Gasteiger partial charge is 0.124 e. The third kappa shape index (κ3) is 3.21. The summed E-state index contributed by atoms with van der Waals surface area (Å²) in [6.07, 6.45) is 3.50. The molecule has 0 aliphatic carbocycles. The molecule has 106 valence electrons. The molecule has 3 nitrogen and oxygen atoms in total. The van der Waals surface area contributed by atoms with Crippen molar-refractivity contribution in [3.63, 3.8) is 0 Å². The van der Waals surface area contributed by atoms with Crippen LogP contribution in [-0.4, -0.2) is 45.2 Å². The standard InChI is InChI=1S/C16H26N2O/c1-5-13-6-7-15(12-16(13)19-4)18(3)14-8-10-17(2)11-9-14/h6-7,12,14H,5,8-11H2,1-4H3. The van der Waals surface area contributed by atoms with E-state index < -0.39 is 0 Å². The zero-order chi connectivity index (χ0) is 13.8. The molecule has 0 radical (unpaired) electrons. The first-order chi connectivity index (χ1) is 9.15. The summed E-state index contributed by atoms with van der Waals surface area (Å²) >= 11 is 0. The molecule has 0 aromatic heterocycles. The maximum atomic E-state index is 5.50. The van der Waals surface area contributed by atoms with Crippen LogP contribution in [0.15, 0.2) is 18.2 Å². The monoisotopic (exact) mass is 262 g/mol. The molecule has 0 bridgehead atoms. The van der Waals surface area contributed by atoms with Gasteiger partial charge in [0.05, 0.1) is 7.11 Å². The fourth-order valence-corrected chi connectivity index (χ4v) is 2.84. The first-order valence-electron chi connectivity index (χ1n) is 7.24. The molecule has 0 saturated carbocycles. The molecular formula is C16H26N2O. The highest BCUT2D eigenvalue weighted by atomic mass is 16.5.